The van der Waals surface area contributed by atoms with Crippen molar-refractivity contribution in [2.75, 3.05) is 6.54 Å². The van der Waals surface area contributed by atoms with Gasteiger partial charge < -0.3 is 5.32 Å². The molecule has 0 aliphatic rings. The van der Waals surface area contributed by atoms with Crippen molar-refractivity contribution in [2.45, 2.75) is 52.6 Å². The average molecular weight is 210 g/mol. The van der Waals surface area contributed by atoms with Crippen LogP contribution in [0.4, 0.5) is 0 Å². The third-order valence-corrected chi connectivity index (χ3v) is 2.20. The zero-order chi connectivity index (χ0) is 11.5. The summed E-state index contributed by atoms with van der Waals surface area (Å²) < 4.78 is 1.90. The van der Waals surface area contributed by atoms with E-state index in [1.807, 2.05) is 10.9 Å². The van der Waals surface area contributed by atoms with Crippen LogP contribution in [0, 0.1) is 0 Å². The molecule has 86 valence electrons. The van der Waals surface area contributed by atoms with Crippen LogP contribution in [-0.2, 0) is 12.0 Å². The molecule has 0 atom stereocenters. The Balaban J connectivity index is 2.47. The van der Waals surface area contributed by atoms with Crippen LogP contribution in [0.2, 0.25) is 0 Å². The highest BCUT2D eigenvalue weighted by Crippen LogP contribution is 2.18. The molecule has 0 aromatic carbocycles. The summed E-state index contributed by atoms with van der Waals surface area (Å²) in [6, 6.07) is 0.524. The van der Waals surface area contributed by atoms with E-state index in [1.54, 1.807) is 0 Å². The molecule has 1 N–H and O–H groups in total. The third kappa shape index (κ3) is 4.00. The van der Waals surface area contributed by atoms with Crippen molar-refractivity contribution in [1.82, 2.24) is 20.3 Å². The van der Waals surface area contributed by atoms with Gasteiger partial charge in [0.1, 0.15) is 0 Å². The first-order valence-electron chi connectivity index (χ1n) is 5.53. The van der Waals surface area contributed by atoms with Crippen molar-refractivity contribution in [3.05, 3.63) is 11.9 Å². The number of nitrogens with zero attached hydrogens (tertiary/aromatic N) is 3. The Morgan fingerprint density at radius 3 is 2.53 bits per heavy atom. The van der Waals surface area contributed by atoms with Gasteiger partial charge in [-0.1, -0.05) is 39.8 Å². The maximum Gasteiger partial charge on any atom is 0.0880 e. The molecule has 0 saturated heterocycles. The summed E-state index contributed by atoms with van der Waals surface area (Å²) in [6.45, 7) is 12.5. The molecule has 1 aromatic rings. The van der Waals surface area contributed by atoms with Gasteiger partial charge in [-0.15, -0.1) is 5.10 Å². The Labute approximate surface area is 92.1 Å². The lowest BCUT2D eigenvalue weighted by molar-refractivity contribution is 0.506. The van der Waals surface area contributed by atoms with E-state index in [0.717, 1.165) is 18.8 Å². The standard InChI is InChI=1S/C11H22N4/c1-9(2)12-6-7-15-8-10(13-14-15)11(3,4)5/h8-9,12H,6-7H2,1-5H3. The van der Waals surface area contributed by atoms with Gasteiger partial charge in [0.05, 0.1) is 12.2 Å². The fourth-order valence-corrected chi connectivity index (χ4v) is 1.22. The van der Waals surface area contributed by atoms with E-state index >= 15 is 0 Å². The second-order valence-corrected chi connectivity index (χ2v) is 5.23. The zero-order valence-corrected chi connectivity index (χ0v) is 10.4. The number of nitrogens with one attached hydrogen (secondary N) is 1. The Morgan fingerprint density at radius 1 is 1.40 bits per heavy atom. The summed E-state index contributed by atoms with van der Waals surface area (Å²) >= 11 is 0. The maximum absolute atomic E-state index is 4.17. The molecule has 1 rings (SSSR count). The molecule has 4 nitrogen and oxygen atoms in total. The van der Waals surface area contributed by atoms with E-state index < -0.39 is 0 Å². The molecule has 0 aliphatic carbocycles. The van der Waals surface area contributed by atoms with Gasteiger partial charge in [-0.05, 0) is 0 Å². The minimum Gasteiger partial charge on any atom is -0.313 e. The first-order valence-corrected chi connectivity index (χ1v) is 5.53. The molecule has 0 saturated carbocycles. The van der Waals surface area contributed by atoms with Gasteiger partial charge in [0.2, 0.25) is 0 Å². The maximum atomic E-state index is 4.17. The van der Waals surface area contributed by atoms with Crippen LogP contribution < -0.4 is 5.32 Å². The highest BCUT2D eigenvalue weighted by atomic mass is 15.4. The lowest BCUT2D eigenvalue weighted by Gasteiger charge is -2.13. The number of aromatic nitrogens is 3. The Morgan fingerprint density at radius 2 is 2.07 bits per heavy atom. The van der Waals surface area contributed by atoms with Crippen molar-refractivity contribution in [3.8, 4) is 0 Å². The molecule has 0 spiro atoms. The van der Waals surface area contributed by atoms with Crippen LogP contribution in [0.5, 0.6) is 0 Å². The van der Waals surface area contributed by atoms with Gasteiger partial charge in [-0.3, -0.25) is 4.68 Å². The fraction of sp³-hybridized carbons (Fsp3) is 0.818. The lowest BCUT2D eigenvalue weighted by Crippen LogP contribution is -2.26. The van der Waals surface area contributed by atoms with E-state index in [9.17, 15) is 0 Å². The minimum absolute atomic E-state index is 0.0870. The van der Waals surface area contributed by atoms with Crippen LogP contribution in [0.25, 0.3) is 0 Å². The van der Waals surface area contributed by atoms with Crippen LogP contribution in [-0.4, -0.2) is 27.6 Å². The smallest absolute Gasteiger partial charge is 0.0880 e. The molecule has 1 aromatic heterocycles. The molecule has 0 unspecified atom stereocenters. The summed E-state index contributed by atoms with van der Waals surface area (Å²) in [6.07, 6.45) is 2.03. The van der Waals surface area contributed by atoms with E-state index in [0.29, 0.717) is 6.04 Å². The average Bonchev–Trinajstić information content (AvgIpc) is 2.51. The van der Waals surface area contributed by atoms with Gasteiger partial charge in [-0.2, -0.15) is 0 Å². The summed E-state index contributed by atoms with van der Waals surface area (Å²) in [5.74, 6) is 0. The molecule has 15 heavy (non-hydrogen) atoms. The Hall–Kier alpha value is -0.900. The fourth-order valence-electron chi connectivity index (χ4n) is 1.22. The van der Waals surface area contributed by atoms with E-state index in [2.05, 4.69) is 50.2 Å². The highest BCUT2D eigenvalue weighted by molar-refractivity contribution is 5.06. The summed E-state index contributed by atoms with van der Waals surface area (Å²) in [4.78, 5) is 0. The summed E-state index contributed by atoms with van der Waals surface area (Å²) in [5, 5.41) is 11.6. The molecule has 0 bridgehead atoms. The number of hydrogen-bond acceptors (Lipinski definition) is 3. The second kappa shape index (κ2) is 4.75. The largest absolute Gasteiger partial charge is 0.313 e. The monoisotopic (exact) mass is 210 g/mol. The van der Waals surface area contributed by atoms with E-state index in [1.165, 1.54) is 0 Å². The quantitative estimate of drug-likeness (QED) is 0.820. The Bertz CT molecular complexity index is 296. The van der Waals surface area contributed by atoms with Gasteiger partial charge >= 0.3 is 0 Å². The molecule has 0 radical (unpaired) electrons. The summed E-state index contributed by atoms with van der Waals surface area (Å²) in [7, 11) is 0. The zero-order valence-electron chi connectivity index (χ0n) is 10.4. The highest BCUT2D eigenvalue weighted by Gasteiger charge is 2.17. The molecular formula is C11H22N4. The molecular weight excluding hydrogens is 188 g/mol. The van der Waals surface area contributed by atoms with Crippen LogP contribution >= 0.6 is 0 Å². The third-order valence-electron chi connectivity index (χ3n) is 2.20. The second-order valence-electron chi connectivity index (χ2n) is 5.23. The molecule has 0 amide bonds. The van der Waals surface area contributed by atoms with Gasteiger partial charge in [0.15, 0.2) is 0 Å². The Kier molecular flexibility index (Phi) is 3.85. The molecule has 0 fully saturated rings. The first-order chi connectivity index (χ1) is 6.89. The van der Waals surface area contributed by atoms with Gasteiger partial charge in [0, 0.05) is 24.2 Å². The van der Waals surface area contributed by atoms with Crippen LogP contribution in [0.15, 0.2) is 6.20 Å². The first kappa shape index (κ1) is 12.2. The molecule has 1 heterocycles. The van der Waals surface area contributed by atoms with Gasteiger partial charge in [0.25, 0.3) is 0 Å². The van der Waals surface area contributed by atoms with Crippen molar-refractivity contribution in [3.63, 3.8) is 0 Å². The van der Waals surface area contributed by atoms with Crippen molar-refractivity contribution in [1.29, 1.82) is 0 Å². The van der Waals surface area contributed by atoms with Crippen LogP contribution in [0.1, 0.15) is 40.3 Å². The predicted molar refractivity (Wildman–Crippen MR) is 61.9 cm³/mol. The number of rotatable bonds is 4. The van der Waals surface area contributed by atoms with Crippen molar-refractivity contribution >= 4 is 0 Å². The predicted octanol–water partition coefficient (Wildman–Crippen LogP) is 1.57. The number of hydrogen-bond donors (Lipinski definition) is 1. The molecule has 4 heteroatoms. The van der Waals surface area contributed by atoms with Crippen LogP contribution in [0.3, 0.4) is 0 Å². The van der Waals surface area contributed by atoms with E-state index in [-0.39, 0.29) is 5.41 Å². The van der Waals surface area contributed by atoms with Gasteiger partial charge in [-0.25, -0.2) is 0 Å². The lowest BCUT2D eigenvalue weighted by atomic mass is 9.93. The molecule has 0 aliphatic heterocycles. The van der Waals surface area contributed by atoms with Crippen molar-refractivity contribution < 1.29 is 0 Å². The summed E-state index contributed by atoms with van der Waals surface area (Å²) in [5.41, 5.74) is 1.14. The topological polar surface area (TPSA) is 42.7 Å². The van der Waals surface area contributed by atoms with E-state index in [4.69, 9.17) is 0 Å². The SMILES string of the molecule is CC(C)NCCn1cc(C(C)(C)C)nn1. The minimum atomic E-state index is 0.0870. The van der Waals surface area contributed by atoms with Crippen molar-refractivity contribution in [2.24, 2.45) is 0 Å². The normalized spacial score (nSPS) is 12.4.